The fraction of sp³-hybridized carbons (Fsp3) is 0.182. The molecule has 0 aliphatic rings. The van der Waals surface area contributed by atoms with Gasteiger partial charge in [-0.05, 0) is 6.07 Å². The third-order valence-corrected chi connectivity index (χ3v) is 2.32. The third kappa shape index (κ3) is 1.92. The van der Waals surface area contributed by atoms with E-state index in [1.54, 1.807) is 12.4 Å². The highest BCUT2D eigenvalue weighted by molar-refractivity contribution is 5.30. The van der Waals surface area contributed by atoms with Crippen molar-refractivity contribution in [3.8, 4) is 6.07 Å². The number of nitrogens with zero attached hydrogens (tertiary/aromatic N) is 4. The second kappa shape index (κ2) is 4.55. The Bertz CT molecular complexity index is 523. The fourth-order valence-electron chi connectivity index (χ4n) is 1.52. The molecule has 0 radical (unpaired) electrons. The van der Waals surface area contributed by atoms with Gasteiger partial charge >= 0.3 is 0 Å². The molecule has 0 bridgehead atoms. The first-order valence-electron chi connectivity index (χ1n) is 4.89. The monoisotopic (exact) mass is 213 g/mol. The molecular formula is C11H11N5. The molecule has 2 N–H and O–H groups in total. The number of aromatic nitrogens is 3. The molecule has 0 saturated heterocycles. The number of rotatable bonds is 3. The van der Waals surface area contributed by atoms with E-state index in [4.69, 9.17) is 11.0 Å². The lowest BCUT2D eigenvalue weighted by molar-refractivity contribution is 0.720. The van der Waals surface area contributed by atoms with E-state index < -0.39 is 0 Å². The van der Waals surface area contributed by atoms with Crippen molar-refractivity contribution in [1.82, 2.24) is 14.5 Å². The molecule has 5 nitrogen and oxygen atoms in total. The van der Waals surface area contributed by atoms with Gasteiger partial charge in [0.25, 0.3) is 0 Å². The summed E-state index contributed by atoms with van der Waals surface area (Å²) in [5.41, 5.74) is 6.87. The van der Waals surface area contributed by atoms with Crippen LogP contribution in [0.15, 0.2) is 30.7 Å². The summed E-state index contributed by atoms with van der Waals surface area (Å²) in [7, 11) is 0. The van der Waals surface area contributed by atoms with Crippen LogP contribution in [0.4, 0.5) is 0 Å². The second-order valence-electron chi connectivity index (χ2n) is 3.30. The Morgan fingerprint density at radius 3 is 3.00 bits per heavy atom. The Hall–Kier alpha value is -2.19. The van der Waals surface area contributed by atoms with Crippen LogP contribution in [0.5, 0.6) is 0 Å². The van der Waals surface area contributed by atoms with Gasteiger partial charge in [-0.1, -0.05) is 6.07 Å². The van der Waals surface area contributed by atoms with Crippen molar-refractivity contribution < 1.29 is 0 Å². The van der Waals surface area contributed by atoms with Crippen molar-refractivity contribution in [2.45, 2.75) is 13.1 Å². The molecule has 2 aromatic rings. The van der Waals surface area contributed by atoms with Crippen LogP contribution >= 0.6 is 0 Å². The molecule has 0 aromatic carbocycles. The SMILES string of the molecule is N#Cc1ncccc1Cn1ccnc1CN. The molecule has 0 aliphatic carbocycles. The third-order valence-electron chi connectivity index (χ3n) is 2.32. The quantitative estimate of drug-likeness (QED) is 0.812. The normalized spacial score (nSPS) is 10.0. The van der Waals surface area contributed by atoms with E-state index in [0.29, 0.717) is 18.8 Å². The van der Waals surface area contributed by atoms with Crippen LogP contribution in [-0.4, -0.2) is 14.5 Å². The molecule has 2 aromatic heterocycles. The number of hydrogen-bond donors (Lipinski definition) is 1. The van der Waals surface area contributed by atoms with E-state index in [1.165, 1.54) is 0 Å². The minimum atomic E-state index is 0.384. The minimum Gasteiger partial charge on any atom is -0.329 e. The van der Waals surface area contributed by atoms with Crippen molar-refractivity contribution in [2.24, 2.45) is 5.73 Å². The van der Waals surface area contributed by atoms with Crippen molar-refractivity contribution in [3.63, 3.8) is 0 Å². The first-order valence-corrected chi connectivity index (χ1v) is 4.89. The number of nitriles is 1. The summed E-state index contributed by atoms with van der Waals surface area (Å²) in [5, 5.41) is 8.91. The Labute approximate surface area is 93.2 Å². The summed E-state index contributed by atoms with van der Waals surface area (Å²) in [6.07, 6.45) is 5.15. The van der Waals surface area contributed by atoms with Crippen LogP contribution in [0.2, 0.25) is 0 Å². The molecule has 0 saturated carbocycles. The molecule has 0 amide bonds. The molecule has 0 spiro atoms. The number of imidazole rings is 1. The molecule has 0 unspecified atom stereocenters. The number of hydrogen-bond acceptors (Lipinski definition) is 4. The number of nitrogens with two attached hydrogens (primary N) is 1. The Morgan fingerprint density at radius 1 is 1.38 bits per heavy atom. The molecule has 2 rings (SSSR count). The highest BCUT2D eigenvalue weighted by Gasteiger charge is 2.05. The minimum absolute atomic E-state index is 0.384. The van der Waals surface area contributed by atoms with E-state index >= 15 is 0 Å². The predicted octanol–water partition coefficient (Wildman–Crippen LogP) is 0.657. The van der Waals surface area contributed by atoms with Gasteiger partial charge in [0.1, 0.15) is 17.6 Å². The van der Waals surface area contributed by atoms with Gasteiger partial charge in [0.05, 0.1) is 13.1 Å². The van der Waals surface area contributed by atoms with E-state index in [-0.39, 0.29) is 0 Å². The zero-order valence-electron chi connectivity index (χ0n) is 8.67. The number of pyridine rings is 1. The van der Waals surface area contributed by atoms with Gasteiger partial charge in [-0.3, -0.25) is 0 Å². The summed E-state index contributed by atoms with van der Waals surface area (Å²) >= 11 is 0. The zero-order valence-corrected chi connectivity index (χ0v) is 8.67. The van der Waals surface area contributed by atoms with Crippen LogP contribution in [0, 0.1) is 11.3 Å². The maximum absolute atomic E-state index is 8.91. The molecule has 80 valence electrons. The lowest BCUT2D eigenvalue weighted by Gasteiger charge is -2.07. The van der Waals surface area contributed by atoms with Crippen molar-refractivity contribution in [1.29, 1.82) is 5.26 Å². The van der Waals surface area contributed by atoms with Gasteiger partial charge in [-0.15, -0.1) is 0 Å². The van der Waals surface area contributed by atoms with Gasteiger partial charge in [-0.2, -0.15) is 5.26 Å². The van der Waals surface area contributed by atoms with Crippen molar-refractivity contribution >= 4 is 0 Å². The molecule has 0 fully saturated rings. The maximum atomic E-state index is 8.91. The Kier molecular flexibility index (Phi) is 2.94. The highest BCUT2D eigenvalue weighted by atomic mass is 15.1. The first kappa shape index (κ1) is 10.3. The van der Waals surface area contributed by atoms with Crippen molar-refractivity contribution in [2.75, 3.05) is 0 Å². The summed E-state index contributed by atoms with van der Waals surface area (Å²) < 4.78 is 1.91. The van der Waals surface area contributed by atoms with Crippen LogP contribution in [0.3, 0.4) is 0 Å². The molecule has 5 heteroatoms. The lowest BCUT2D eigenvalue weighted by Crippen LogP contribution is -2.09. The molecule has 0 aliphatic heterocycles. The van der Waals surface area contributed by atoms with E-state index in [1.807, 2.05) is 22.9 Å². The molecule has 2 heterocycles. The predicted molar refractivity (Wildman–Crippen MR) is 58.2 cm³/mol. The Balaban J connectivity index is 2.31. The maximum Gasteiger partial charge on any atom is 0.145 e. The van der Waals surface area contributed by atoms with Crippen LogP contribution in [0.1, 0.15) is 17.1 Å². The van der Waals surface area contributed by atoms with E-state index in [0.717, 1.165) is 11.4 Å². The topological polar surface area (TPSA) is 80.5 Å². The summed E-state index contributed by atoms with van der Waals surface area (Å²) in [4.78, 5) is 8.13. The fourth-order valence-corrected chi connectivity index (χ4v) is 1.52. The molecule has 16 heavy (non-hydrogen) atoms. The largest absolute Gasteiger partial charge is 0.329 e. The highest BCUT2D eigenvalue weighted by Crippen LogP contribution is 2.08. The van der Waals surface area contributed by atoms with Gasteiger partial charge in [0.15, 0.2) is 0 Å². The van der Waals surface area contributed by atoms with Gasteiger partial charge in [0.2, 0.25) is 0 Å². The lowest BCUT2D eigenvalue weighted by atomic mass is 10.2. The van der Waals surface area contributed by atoms with Crippen molar-refractivity contribution in [3.05, 3.63) is 47.8 Å². The summed E-state index contributed by atoms with van der Waals surface area (Å²) in [6.45, 7) is 0.957. The summed E-state index contributed by atoms with van der Waals surface area (Å²) in [5.74, 6) is 0.799. The molecular weight excluding hydrogens is 202 g/mol. The van der Waals surface area contributed by atoms with Gasteiger partial charge < -0.3 is 10.3 Å². The standard InChI is InChI=1S/C11H11N5/c12-6-10-9(2-1-3-14-10)8-16-5-4-15-11(16)7-13/h1-5H,7-8,13H2. The van der Waals surface area contributed by atoms with Gasteiger partial charge in [0, 0.05) is 24.2 Å². The summed E-state index contributed by atoms with van der Waals surface area (Å²) in [6, 6.07) is 5.76. The molecule has 0 atom stereocenters. The average Bonchev–Trinajstić information content (AvgIpc) is 2.77. The Morgan fingerprint density at radius 2 is 2.25 bits per heavy atom. The van der Waals surface area contributed by atoms with E-state index in [9.17, 15) is 0 Å². The zero-order chi connectivity index (χ0) is 11.4. The first-order chi connectivity index (χ1) is 7.85. The van der Waals surface area contributed by atoms with Crippen LogP contribution in [-0.2, 0) is 13.1 Å². The van der Waals surface area contributed by atoms with Crippen LogP contribution in [0.25, 0.3) is 0 Å². The second-order valence-corrected chi connectivity index (χ2v) is 3.30. The van der Waals surface area contributed by atoms with Gasteiger partial charge in [-0.25, -0.2) is 9.97 Å². The van der Waals surface area contributed by atoms with E-state index in [2.05, 4.69) is 16.0 Å². The smallest absolute Gasteiger partial charge is 0.145 e. The van der Waals surface area contributed by atoms with Crippen LogP contribution < -0.4 is 5.73 Å². The average molecular weight is 213 g/mol.